The summed E-state index contributed by atoms with van der Waals surface area (Å²) in [6.45, 7) is 0.211. The summed E-state index contributed by atoms with van der Waals surface area (Å²) in [5, 5.41) is 19.7. The van der Waals surface area contributed by atoms with E-state index in [0.29, 0.717) is 33.3 Å². The lowest BCUT2D eigenvalue weighted by Crippen LogP contribution is -2.35. The third-order valence-electron chi connectivity index (χ3n) is 5.94. The van der Waals surface area contributed by atoms with Crippen LogP contribution < -0.4 is 9.64 Å². The van der Waals surface area contributed by atoms with Crippen molar-refractivity contribution in [2.75, 3.05) is 24.5 Å². The Morgan fingerprint density at radius 2 is 1.58 bits per heavy atom. The predicted molar refractivity (Wildman–Crippen MR) is 148 cm³/mol. The van der Waals surface area contributed by atoms with Gasteiger partial charge in [-0.15, -0.1) is 0 Å². The van der Waals surface area contributed by atoms with Crippen molar-refractivity contribution < 1.29 is 33.0 Å². The van der Waals surface area contributed by atoms with Gasteiger partial charge in [-0.2, -0.15) is 4.31 Å². The first-order chi connectivity index (χ1) is 18.1. The summed E-state index contributed by atoms with van der Waals surface area (Å²) in [5.41, 5.74) is 0.624. The van der Waals surface area contributed by atoms with E-state index in [9.17, 15) is 28.2 Å². The molecule has 0 atom stereocenters. The van der Waals surface area contributed by atoms with Gasteiger partial charge in [0.15, 0.2) is 5.75 Å². The molecule has 0 unspecified atom stereocenters. The molecule has 0 radical (unpaired) electrons. The van der Waals surface area contributed by atoms with Gasteiger partial charge < -0.3 is 14.9 Å². The largest absolute Gasteiger partial charge is 0.507 e. The molecule has 1 fully saturated rings. The molecule has 0 spiro atoms. The van der Waals surface area contributed by atoms with Crippen LogP contribution in [-0.2, 0) is 14.8 Å². The summed E-state index contributed by atoms with van der Waals surface area (Å²) in [5.74, 6) is -1.63. The first-order valence-corrected chi connectivity index (χ1v) is 14.7. The average Bonchev–Trinajstić information content (AvgIpc) is 2.90. The third-order valence-corrected chi connectivity index (χ3v) is 9.04. The molecule has 0 saturated carbocycles. The standard InChI is InChI=1S/C26H24Br2N2O7S/c27-20-13-18(30(16-24(32)33)26(34)17-7-3-1-4-8-17)14-21(28)25(20)37-19-9-10-22(31)23(15-19)38(35,36)29-11-5-2-6-12-29/h1,3-4,7-10,13-15,31H,2,5-6,11-12,16H2,(H,32,33). The van der Waals surface area contributed by atoms with Gasteiger partial charge in [-0.3, -0.25) is 14.5 Å². The first kappa shape index (κ1) is 28.1. The minimum absolute atomic E-state index is 0.162. The number of phenolic OH excluding ortho intramolecular Hbond substituents is 1. The molecule has 9 nitrogen and oxygen atoms in total. The molecule has 1 saturated heterocycles. The number of aromatic hydroxyl groups is 1. The number of aliphatic carboxylic acids is 1. The molecule has 1 aliphatic rings. The second-order valence-electron chi connectivity index (χ2n) is 8.59. The van der Waals surface area contributed by atoms with Gasteiger partial charge in [0.25, 0.3) is 5.91 Å². The molecule has 200 valence electrons. The quantitative estimate of drug-likeness (QED) is 0.320. The number of carboxylic acids is 1. The van der Waals surface area contributed by atoms with Crippen LogP contribution in [0.4, 0.5) is 5.69 Å². The number of rotatable bonds is 8. The Labute approximate surface area is 236 Å². The summed E-state index contributed by atoms with van der Waals surface area (Å²) < 4.78 is 34.4. The number of hydrogen-bond donors (Lipinski definition) is 2. The van der Waals surface area contributed by atoms with Crippen LogP contribution in [0.1, 0.15) is 29.6 Å². The number of piperidine rings is 1. The van der Waals surface area contributed by atoms with Crippen LogP contribution in [0.2, 0.25) is 0 Å². The van der Waals surface area contributed by atoms with Gasteiger partial charge in [0.1, 0.15) is 22.9 Å². The number of ether oxygens (including phenoxy) is 1. The van der Waals surface area contributed by atoms with E-state index in [-0.39, 0.29) is 22.1 Å². The molecule has 0 aliphatic carbocycles. The maximum atomic E-state index is 13.1. The number of benzene rings is 3. The molecular weight excluding hydrogens is 644 g/mol. The van der Waals surface area contributed by atoms with Crippen molar-refractivity contribution in [3.63, 3.8) is 0 Å². The lowest BCUT2D eigenvalue weighted by atomic mass is 10.1. The lowest BCUT2D eigenvalue weighted by molar-refractivity contribution is -0.135. The summed E-state index contributed by atoms with van der Waals surface area (Å²) in [6, 6.07) is 15.4. The monoisotopic (exact) mass is 666 g/mol. The van der Waals surface area contributed by atoms with Crippen molar-refractivity contribution in [2.45, 2.75) is 24.2 Å². The molecule has 0 aromatic heterocycles. The van der Waals surface area contributed by atoms with Gasteiger partial charge in [0, 0.05) is 30.4 Å². The summed E-state index contributed by atoms with van der Waals surface area (Å²) in [7, 11) is -3.91. The average molecular weight is 668 g/mol. The molecule has 3 aromatic rings. The van der Waals surface area contributed by atoms with Gasteiger partial charge in [0.05, 0.1) is 8.95 Å². The van der Waals surface area contributed by atoms with Gasteiger partial charge in [-0.1, -0.05) is 24.6 Å². The number of carbonyl (C=O) groups is 2. The highest BCUT2D eigenvalue weighted by Crippen LogP contribution is 2.42. The summed E-state index contributed by atoms with van der Waals surface area (Å²) >= 11 is 6.83. The van der Waals surface area contributed by atoms with E-state index in [1.807, 2.05) is 0 Å². The van der Waals surface area contributed by atoms with Crippen molar-refractivity contribution in [2.24, 2.45) is 0 Å². The van der Waals surface area contributed by atoms with Gasteiger partial charge >= 0.3 is 5.97 Å². The van der Waals surface area contributed by atoms with E-state index < -0.39 is 28.4 Å². The zero-order valence-electron chi connectivity index (χ0n) is 20.0. The Kier molecular flexibility index (Phi) is 8.76. The van der Waals surface area contributed by atoms with E-state index in [2.05, 4.69) is 31.9 Å². The normalized spacial score (nSPS) is 14.2. The number of carboxylic acid groups (broad SMARTS) is 1. The fourth-order valence-electron chi connectivity index (χ4n) is 4.08. The van der Waals surface area contributed by atoms with Crippen LogP contribution in [0.5, 0.6) is 17.2 Å². The Balaban J connectivity index is 1.65. The molecule has 38 heavy (non-hydrogen) atoms. The highest BCUT2D eigenvalue weighted by molar-refractivity contribution is 9.11. The third kappa shape index (κ3) is 6.20. The Hall–Kier alpha value is -2.93. The molecule has 0 bridgehead atoms. The van der Waals surface area contributed by atoms with Crippen LogP contribution in [-0.4, -0.2) is 54.4 Å². The van der Waals surface area contributed by atoms with E-state index in [4.69, 9.17) is 4.74 Å². The minimum atomic E-state index is -3.91. The number of nitrogens with zero attached hydrogens (tertiary/aromatic N) is 2. The Bertz CT molecular complexity index is 1440. The van der Waals surface area contributed by atoms with Crippen molar-refractivity contribution >= 4 is 59.4 Å². The Morgan fingerprint density at radius 1 is 0.947 bits per heavy atom. The van der Waals surface area contributed by atoms with Crippen LogP contribution >= 0.6 is 31.9 Å². The number of phenols is 1. The number of sulfonamides is 1. The SMILES string of the molecule is O=C(O)CN(C(=O)c1ccccc1)c1cc(Br)c(Oc2ccc(O)c(S(=O)(=O)N3CCCCC3)c2)c(Br)c1. The number of hydrogen-bond acceptors (Lipinski definition) is 6. The summed E-state index contributed by atoms with van der Waals surface area (Å²) in [6.07, 6.45) is 2.47. The zero-order chi connectivity index (χ0) is 27.4. The predicted octanol–water partition coefficient (Wildman–Crippen LogP) is 5.62. The van der Waals surface area contributed by atoms with Crippen molar-refractivity contribution in [3.05, 3.63) is 75.2 Å². The van der Waals surface area contributed by atoms with Crippen LogP contribution in [0.3, 0.4) is 0 Å². The molecular formula is C26H24Br2N2O7S. The van der Waals surface area contributed by atoms with Gasteiger partial charge in [0.2, 0.25) is 10.0 Å². The molecule has 1 aliphatic heterocycles. The van der Waals surface area contributed by atoms with Crippen molar-refractivity contribution in [1.29, 1.82) is 0 Å². The van der Waals surface area contributed by atoms with Crippen LogP contribution in [0, 0.1) is 0 Å². The van der Waals surface area contributed by atoms with Gasteiger partial charge in [-0.05, 0) is 81.1 Å². The summed E-state index contributed by atoms with van der Waals surface area (Å²) in [4.78, 5) is 25.5. The smallest absolute Gasteiger partial charge is 0.323 e. The van der Waals surface area contributed by atoms with E-state index in [1.54, 1.807) is 30.3 Å². The van der Waals surface area contributed by atoms with Crippen LogP contribution in [0.25, 0.3) is 0 Å². The second-order valence-corrected chi connectivity index (χ2v) is 12.2. The minimum Gasteiger partial charge on any atom is -0.507 e. The second kappa shape index (κ2) is 11.9. The molecule has 1 amide bonds. The first-order valence-electron chi connectivity index (χ1n) is 11.7. The molecule has 3 aromatic carbocycles. The molecule has 2 N–H and O–H groups in total. The number of anilines is 1. The molecule has 1 heterocycles. The van der Waals surface area contributed by atoms with Crippen molar-refractivity contribution in [3.8, 4) is 17.2 Å². The maximum Gasteiger partial charge on any atom is 0.323 e. The lowest BCUT2D eigenvalue weighted by Gasteiger charge is -2.26. The fraction of sp³-hybridized carbons (Fsp3) is 0.231. The topological polar surface area (TPSA) is 124 Å². The fourth-order valence-corrected chi connectivity index (χ4v) is 7.02. The Morgan fingerprint density at radius 3 is 2.18 bits per heavy atom. The molecule has 4 rings (SSSR count). The van der Waals surface area contributed by atoms with E-state index in [1.165, 1.54) is 34.6 Å². The molecule has 12 heteroatoms. The maximum absolute atomic E-state index is 13.1. The highest BCUT2D eigenvalue weighted by atomic mass is 79.9. The number of amides is 1. The van der Waals surface area contributed by atoms with Gasteiger partial charge in [-0.25, -0.2) is 8.42 Å². The highest BCUT2D eigenvalue weighted by Gasteiger charge is 2.29. The van der Waals surface area contributed by atoms with Crippen LogP contribution in [0.15, 0.2) is 74.5 Å². The van der Waals surface area contributed by atoms with Crippen molar-refractivity contribution in [1.82, 2.24) is 4.31 Å². The number of carbonyl (C=O) groups excluding carboxylic acids is 1. The zero-order valence-corrected chi connectivity index (χ0v) is 24.0. The number of halogens is 2. The van der Waals surface area contributed by atoms with E-state index >= 15 is 0 Å². The van der Waals surface area contributed by atoms with E-state index in [0.717, 1.165) is 24.2 Å².